The molecular formula is C10H19. The van der Waals surface area contributed by atoms with E-state index in [1.165, 1.54) is 38.5 Å². The molecule has 2 atom stereocenters. The molecule has 0 amide bonds. The average Bonchev–Trinajstić information content (AvgIpc) is 1.88. The molecule has 0 nitrogen and oxygen atoms in total. The van der Waals surface area contributed by atoms with Crippen LogP contribution in [0.25, 0.3) is 0 Å². The molecule has 0 heterocycles. The predicted octanol–water partition coefficient (Wildman–Crippen LogP) is 3.43. The first-order valence-corrected chi connectivity index (χ1v) is 4.66. The molecule has 1 fully saturated rings. The fraction of sp³-hybridized carbons (Fsp3) is 0.900. The Labute approximate surface area is 65.0 Å². The first kappa shape index (κ1) is 8.10. The van der Waals surface area contributed by atoms with E-state index in [-0.39, 0.29) is 0 Å². The third-order valence-corrected chi connectivity index (χ3v) is 2.59. The van der Waals surface area contributed by atoms with Gasteiger partial charge < -0.3 is 0 Å². The highest BCUT2D eigenvalue weighted by Gasteiger charge is 2.17. The third kappa shape index (κ3) is 2.32. The number of hydrogen-bond acceptors (Lipinski definition) is 0. The van der Waals surface area contributed by atoms with E-state index in [1.54, 1.807) is 0 Å². The van der Waals surface area contributed by atoms with Crippen molar-refractivity contribution in [3.63, 3.8) is 0 Å². The third-order valence-electron chi connectivity index (χ3n) is 2.59. The molecule has 0 aromatic carbocycles. The van der Waals surface area contributed by atoms with Crippen molar-refractivity contribution in [2.24, 2.45) is 11.8 Å². The molecule has 1 saturated carbocycles. The van der Waals surface area contributed by atoms with Gasteiger partial charge in [-0.2, -0.15) is 0 Å². The first-order valence-electron chi connectivity index (χ1n) is 4.66. The molecular weight excluding hydrogens is 120 g/mol. The second-order valence-electron chi connectivity index (χ2n) is 3.69. The van der Waals surface area contributed by atoms with Gasteiger partial charge in [0.15, 0.2) is 0 Å². The van der Waals surface area contributed by atoms with E-state index in [4.69, 9.17) is 0 Å². The summed E-state index contributed by atoms with van der Waals surface area (Å²) in [6.07, 6.45) is 8.47. The second kappa shape index (κ2) is 4.00. The molecule has 59 valence electrons. The zero-order valence-electron chi connectivity index (χ0n) is 7.10. The largest absolute Gasteiger partial charge is 0.0654 e. The van der Waals surface area contributed by atoms with Gasteiger partial charge in [-0.15, -0.1) is 0 Å². The summed E-state index contributed by atoms with van der Waals surface area (Å²) in [6, 6.07) is 0. The molecule has 10 heavy (non-hydrogen) atoms. The van der Waals surface area contributed by atoms with E-state index in [2.05, 4.69) is 13.8 Å². The fourth-order valence-corrected chi connectivity index (χ4v) is 2.07. The highest BCUT2D eigenvalue weighted by atomic mass is 14.2. The number of rotatable bonds is 2. The maximum Gasteiger partial charge on any atom is -0.0412 e. The van der Waals surface area contributed by atoms with Crippen LogP contribution in [0.4, 0.5) is 0 Å². The molecule has 1 aliphatic rings. The van der Waals surface area contributed by atoms with Crippen LogP contribution in [0, 0.1) is 18.8 Å². The Hall–Kier alpha value is 0. The van der Waals surface area contributed by atoms with Crippen LogP contribution in [0.1, 0.15) is 45.4 Å². The quantitative estimate of drug-likeness (QED) is 0.550. The van der Waals surface area contributed by atoms with Crippen molar-refractivity contribution in [2.75, 3.05) is 0 Å². The van der Waals surface area contributed by atoms with E-state index in [0.717, 1.165) is 11.8 Å². The molecule has 0 saturated heterocycles. The first-order chi connectivity index (χ1) is 4.83. The van der Waals surface area contributed by atoms with E-state index >= 15 is 0 Å². The van der Waals surface area contributed by atoms with Gasteiger partial charge in [0.2, 0.25) is 0 Å². The molecule has 1 aliphatic carbocycles. The SMILES string of the molecule is [CH2]C1CCCC(CCC)C1. The van der Waals surface area contributed by atoms with E-state index < -0.39 is 0 Å². The lowest BCUT2D eigenvalue weighted by Gasteiger charge is -2.25. The molecule has 0 N–H and O–H groups in total. The molecule has 1 rings (SSSR count). The van der Waals surface area contributed by atoms with Gasteiger partial charge in [-0.3, -0.25) is 0 Å². The minimum atomic E-state index is 0.769. The Kier molecular flexibility index (Phi) is 3.24. The van der Waals surface area contributed by atoms with Gasteiger partial charge in [0.25, 0.3) is 0 Å². The molecule has 2 unspecified atom stereocenters. The zero-order valence-corrected chi connectivity index (χ0v) is 7.10. The van der Waals surface area contributed by atoms with Crippen LogP contribution in [-0.4, -0.2) is 0 Å². The van der Waals surface area contributed by atoms with Crippen LogP contribution in [0.5, 0.6) is 0 Å². The van der Waals surface area contributed by atoms with Crippen molar-refractivity contribution in [1.82, 2.24) is 0 Å². The molecule has 0 aliphatic heterocycles. The van der Waals surface area contributed by atoms with Crippen molar-refractivity contribution in [3.05, 3.63) is 6.92 Å². The van der Waals surface area contributed by atoms with Gasteiger partial charge in [-0.1, -0.05) is 46.0 Å². The molecule has 0 aromatic heterocycles. The van der Waals surface area contributed by atoms with E-state index in [9.17, 15) is 0 Å². The minimum Gasteiger partial charge on any atom is -0.0654 e. The summed E-state index contributed by atoms with van der Waals surface area (Å²) in [7, 11) is 0. The summed E-state index contributed by atoms with van der Waals surface area (Å²) < 4.78 is 0. The van der Waals surface area contributed by atoms with Crippen LogP contribution >= 0.6 is 0 Å². The second-order valence-corrected chi connectivity index (χ2v) is 3.69. The summed E-state index contributed by atoms with van der Waals surface area (Å²) in [4.78, 5) is 0. The van der Waals surface area contributed by atoms with Gasteiger partial charge in [0.1, 0.15) is 0 Å². The smallest absolute Gasteiger partial charge is 0.0412 e. The van der Waals surface area contributed by atoms with Crippen LogP contribution in [0.15, 0.2) is 0 Å². The maximum atomic E-state index is 4.13. The summed E-state index contributed by atoms with van der Waals surface area (Å²) in [5, 5.41) is 0. The standard InChI is InChI=1S/C10H19/c1-3-5-10-7-4-6-9(2)8-10/h9-10H,2-8H2,1H3. The normalized spacial score (nSPS) is 34.2. The maximum absolute atomic E-state index is 4.13. The van der Waals surface area contributed by atoms with Crippen molar-refractivity contribution in [3.8, 4) is 0 Å². The predicted molar refractivity (Wildman–Crippen MR) is 45.7 cm³/mol. The molecule has 0 spiro atoms. The van der Waals surface area contributed by atoms with Crippen molar-refractivity contribution in [2.45, 2.75) is 45.4 Å². The average molecular weight is 139 g/mol. The van der Waals surface area contributed by atoms with Gasteiger partial charge in [0, 0.05) is 0 Å². The minimum absolute atomic E-state index is 0.769. The van der Waals surface area contributed by atoms with Crippen molar-refractivity contribution >= 4 is 0 Å². The molecule has 0 heteroatoms. The Bertz CT molecular complexity index is 84.0. The Morgan fingerprint density at radius 2 is 2.20 bits per heavy atom. The lowest BCUT2D eigenvalue weighted by molar-refractivity contribution is 0.286. The van der Waals surface area contributed by atoms with Crippen LogP contribution in [0.3, 0.4) is 0 Å². The zero-order chi connectivity index (χ0) is 7.40. The molecule has 0 bridgehead atoms. The van der Waals surface area contributed by atoms with E-state index in [1.807, 2.05) is 0 Å². The summed E-state index contributed by atoms with van der Waals surface area (Å²) >= 11 is 0. The lowest BCUT2D eigenvalue weighted by atomic mass is 9.80. The van der Waals surface area contributed by atoms with Crippen LogP contribution in [-0.2, 0) is 0 Å². The number of hydrogen-bond donors (Lipinski definition) is 0. The molecule has 1 radical (unpaired) electrons. The van der Waals surface area contributed by atoms with Crippen LogP contribution < -0.4 is 0 Å². The Morgan fingerprint density at radius 3 is 2.80 bits per heavy atom. The lowest BCUT2D eigenvalue weighted by Crippen LogP contribution is -2.12. The fourth-order valence-electron chi connectivity index (χ4n) is 2.07. The Morgan fingerprint density at radius 1 is 1.40 bits per heavy atom. The molecule has 0 aromatic rings. The summed E-state index contributed by atoms with van der Waals surface area (Å²) in [5.74, 6) is 1.78. The van der Waals surface area contributed by atoms with Gasteiger partial charge in [-0.05, 0) is 18.3 Å². The summed E-state index contributed by atoms with van der Waals surface area (Å²) in [6.45, 7) is 6.41. The van der Waals surface area contributed by atoms with E-state index in [0.29, 0.717) is 0 Å². The van der Waals surface area contributed by atoms with Gasteiger partial charge in [-0.25, -0.2) is 0 Å². The van der Waals surface area contributed by atoms with Gasteiger partial charge in [0.05, 0.1) is 0 Å². The monoisotopic (exact) mass is 139 g/mol. The summed E-state index contributed by atoms with van der Waals surface area (Å²) in [5.41, 5.74) is 0. The Balaban J connectivity index is 2.18. The van der Waals surface area contributed by atoms with Gasteiger partial charge >= 0.3 is 0 Å². The topological polar surface area (TPSA) is 0 Å². The van der Waals surface area contributed by atoms with Crippen molar-refractivity contribution < 1.29 is 0 Å². The van der Waals surface area contributed by atoms with Crippen molar-refractivity contribution in [1.29, 1.82) is 0 Å². The highest BCUT2D eigenvalue weighted by molar-refractivity contribution is 4.73. The highest BCUT2D eigenvalue weighted by Crippen LogP contribution is 2.30. The van der Waals surface area contributed by atoms with Crippen LogP contribution in [0.2, 0.25) is 0 Å².